The minimum absolute atomic E-state index is 0.0666. The van der Waals surface area contributed by atoms with Crippen LogP contribution in [-0.2, 0) is 16.0 Å². The number of hydrogen-bond donors (Lipinski definition) is 2. The van der Waals surface area contributed by atoms with E-state index in [1.807, 2.05) is 0 Å². The average molecular weight is 278 g/mol. The SMILES string of the molecule is C=C(C)C(=O)OCCc1ccc(C(=O)O)c(C(=O)O)c1. The predicted molar refractivity (Wildman–Crippen MR) is 69.8 cm³/mol. The number of hydrogen-bond acceptors (Lipinski definition) is 4. The van der Waals surface area contributed by atoms with Crippen molar-refractivity contribution in [2.75, 3.05) is 6.61 Å². The second kappa shape index (κ2) is 6.51. The number of carboxylic acid groups (broad SMARTS) is 2. The van der Waals surface area contributed by atoms with Gasteiger partial charge in [-0.1, -0.05) is 12.6 Å². The zero-order valence-corrected chi connectivity index (χ0v) is 10.9. The Kier molecular flexibility index (Phi) is 5.02. The Bertz CT molecular complexity index is 573. The highest BCUT2D eigenvalue weighted by molar-refractivity contribution is 6.01. The molecule has 0 aliphatic heterocycles. The fourth-order valence-electron chi connectivity index (χ4n) is 1.50. The summed E-state index contributed by atoms with van der Waals surface area (Å²) in [6.07, 6.45) is 0.291. The molecule has 106 valence electrons. The van der Waals surface area contributed by atoms with Gasteiger partial charge in [0.25, 0.3) is 0 Å². The minimum atomic E-state index is -1.32. The molecule has 0 saturated heterocycles. The van der Waals surface area contributed by atoms with E-state index >= 15 is 0 Å². The molecule has 1 aromatic carbocycles. The second-order valence-corrected chi connectivity index (χ2v) is 4.16. The van der Waals surface area contributed by atoms with Crippen LogP contribution in [0.1, 0.15) is 33.2 Å². The summed E-state index contributed by atoms with van der Waals surface area (Å²) in [6, 6.07) is 3.98. The summed E-state index contributed by atoms with van der Waals surface area (Å²) in [4.78, 5) is 33.0. The highest BCUT2D eigenvalue weighted by atomic mass is 16.5. The minimum Gasteiger partial charge on any atom is -0.478 e. The number of ether oxygens (including phenoxy) is 1. The molecule has 2 N–H and O–H groups in total. The Balaban J connectivity index is 2.80. The first kappa shape index (κ1) is 15.4. The van der Waals surface area contributed by atoms with Gasteiger partial charge in [-0.25, -0.2) is 14.4 Å². The van der Waals surface area contributed by atoms with E-state index in [1.54, 1.807) is 0 Å². The molecule has 6 nitrogen and oxygen atoms in total. The van der Waals surface area contributed by atoms with Crippen molar-refractivity contribution in [2.45, 2.75) is 13.3 Å². The topological polar surface area (TPSA) is 101 Å². The fourth-order valence-corrected chi connectivity index (χ4v) is 1.50. The first-order valence-corrected chi connectivity index (χ1v) is 5.75. The van der Waals surface area contributed by atoms with E-state index in [0.717, 1.165) is 0 Å². The van der Waals surface area contributed by atoms with Gasteiger partial charge in [-0.3, -0.25) is 0 Å². The lowest BCUT2D eigenvalue weighted by Crippen LogP contribution is -2.11. The van der Waals surface area contributed by atoms with Gasteiger partial charge in [0, 0.05) is 12.0 Å². The summed E-state index contributed by atoms with van der Waals surface area (Å²) in [5, 5.41) is 17.8. The molecule has 20 heavy (non-hydrogen) atoms. The predicted octanol–water partition coefficient (Wildman–Crippen LogP) is 1.74. The zero-order valence-electron chi connectivity index (χ0n) is 10.9. The van der Waals surface area contributed by atoms with E-state index in [9.17, 15) is 14.4 Å². The lowest BCUT2D eigenvalue weighted by Gasteiger charge is -2.07. The monoisotopic (exact) mass is 278 g/mol. The Hall–Kier alpha value is -2.63. The van der Waals surface area contributed by atoms with Crippen molar-refractivity contribution in [2.24, 2.45) is 0 Å². The summed E-state index contributed by atoms with van der Waals surface area (Å²) in [5.74, 6) is -3.14. The molecule has 0 atom stereocenters. The van der Waals surface area contributed by atoms with Crippen molar-refractivity contribution in [1.29, 1.82) is 0 Å². The third-order valence-electron chi connectivity index (χ3n) is 2.52. The summed E-state index contributed by atoms with van der Waals surface area (Å²) in [7, 11) is 0. The van der Waals surface area contributed by atoms with Crippen molar-refractivity contribution >= 4 is 17.9 Å². The highest BCUT2D eigenvalue weighted by Crippen LogP contribution is 2.13. The molecule has 0 spiro atoms. The molecule has 0 aromatic heterocycles. The van der Waals surface area contributed by atoms with Gasteiger partial charge in [0.2, 0.25) is 0 Å². The molecule has 0 saturated carbocycles. The van der Waals surface area contributed by atoms with Crippen molar-refractivity contribution < 1.29 is 29.3 Å². The van der Waals surface area contributed by atoms with Crippen LogP contribution in [0.2, 0.25) is 0 Å². The van der Waals surface area contributed by atoms with Crippen LogP contribution in [0.4, 0.5) is 0 Å². The molecule has 0 bridgehead atoms. The quantitative estimate of drug-likeness (QED) is 0.607. The van der Waals surface area contributed by atoms with E-state index in [-0.39, 0.29) is 23.3 Å². The zero-order chi connectivity index (χ0) is 15.3. The van der Waals surface area contributed by atoms with Crippen LogP contribution in [0.25, 0.3) is 0 Å². The van der Waals surface area contributed by atoms with Gasteiger partial charge in [-0.15, -0.1) is 0 Å². The first-order valence-electron chi connectivity index (χ1n) is 5.75. The summed E-state index contributed by atoms with van der Waals surface area (Å²) in [5.41, 5.74) is 0.278. The van der Waals surface area contributed by atoms with Crippen LogP contribution < -0.4 is 0 Å². The number of carbonyl (C=O) groups excluding carboxylic acids is 1. The number of carbonyl (C=O) groups is 3. The van der Waals surface area contributed by atoms with E-state index < -0.39 is 17.9 Å². The number of benzene rings is 1. The second-order valence-electron chi connectivity index (χ2n) is 4.16. The van der Waals surface area contributed by atoms with Gasteiger partial charge >= 0.3 is 17.9 Å². The van der Waals surface area contributed by atoms with Gasteiger partial charge in [-0.2, -0.15) is 0 Å². The molecule has 0 aliphatic rings. The van der Waals surface area contributed by atoms with Crippen molar-refractivity contribution in [3.63, 3.8) is 0 Å². The molecular weight excluding hydrogens is 264 g/mol. The third-order valence-corrected chi connectivity index (χ3v) is 2.52. The van der Waals surface area contributed by atoms with Gasteiger partial charge in [0.05, 0.1) is 17.7 Å². The summed E-state index contributed by atoms with van der Waals surface area (Å²) < 4.78 is 4.88. The standard InChI is InChI=1S/C14H14O6/c1-8(2)14(19)20-6-5-9-3-4-10(12(15)16)11(7-9)13(17)18/h3-4,7H,1,5-6H2,2H3,(H,15,16)(H,17,18). The maximum Gasteiger partial charge on any atom is 0.336 e. The average Bonchev–Trinajstić information content (AvgIpc) is 2.37. The van der Waals surface area contributed by atoms with Crippen LogP contribution in [-0.4, -0.2) is 34.7 Å². The van der Waals surface area contributed by atoms with Gasteiger partial charge in [0.1, 0.15) is 0 Å². The van der Waals surface area contributed by atoms with Crippen molar-refractivity contribution in [3.05, 3.63) is 47.0 Å². The third kappa shape index (κ3) is 3.94. The lowest BCUT2D eigenvalue weighted by molar-refractivity contribution is -0.138. The highest BCUT2D eigenvalue weighted by Gasteiger charge is 2.16. The Morgan fingerprint density at radius 2 is 1.75 bits per heavy atom. The molecule has 0 unspecified atom stereocenters. The van der Waals surface area contributed by atoms with E-state index in [2.05, 4.69) is 6.58 Å². The fraction of sp³-hybridized carbons (Fsp3) is 0.214. The van der Waals surface area contributed by atoms with E-state index in [1.165, 1.54) is 25.1 Å². The van der Waals surface area contributed by atoms with Crippen LogP contribution in [0, 0.1) is 0 Å². The molecule has 0 amide bonds. The molecule has 1 aromatic rings. The largest absolute Gasteiger partial charge is 0.478 e. The molecular formula is C14H14O6. The van der Waals surface area contributed by atoms with Gasteiger partial charge < -0.3 is 14.9 Å². The maximum atomic E-state index is 11.2. The maximum absolute atomic E-state index is 11.2. The molecule has 0 radical (unpaired) electrons. The van der Waals surface area contributed by atoms with Gasteiger partial charge in [-0.05, 0) is 24.6 Å². The number of rotatable bonds is 6. The normalized spacial score (nSPS) is 9.85. The smallest absolute Gasteiger partial charge is 0.336 e. The Morgan fingerprint density at radius 1 is 1.15 bits per heavy atom. The summed E-state index contributed by atoms with van der Waals surface area (Å²) >= 11 is 0. The molecule has 0 fully saturated rings. The van der Waals surface area contributed by atoms with Crippen LogP contribution >= 0.6 is 0 Å². The van der Waals surface area contributed by atoms with E-state index in [0.29, 0.717) is 12.0 Å². The van der Waals surface area contributed by atoms with Crippen LogP contribution in [0.3, 0.4) is 0 Å². The molecule has 0 aliphatic carbocycles. The lowest BCUT2D eigenvalue weighted by atomic mass is 10.0. The molecule has 6 heteroatoms. The van der Waals surface area contributed by atoms with Crippen molar-refractivity contribution in [3.8, 4) is 0 Å². The summed E-state index contributed by atoms with van der Waals surface area (Å²) in [6.45, 7) is 5.02. The first-order chi connectivity index (χ1) is 9.32. The number of aromatic carboxylic acids is 2. The van der Waals surface area contributed by atoms with Crippen LogP contribution in [0.5, 0.6) is 0 Å². The number of esters is 1. The van der Waals surface area contributed by atoms with Gasteiger partial charge in [0.15, 0.2) is 0 Å². The molecule has 1 rings (SSSR count). The van der Waals surface area contributed by atoms with E-state index in [4.69, 9.17) is 14.9 Å². The Labute approximate surface area is 115 Å². The number of carboxylic acids is 2. The molecule has 0 heterocycles. The Morgan fingerprint density at radius 3 is 2.25 bits per heavy atom. The van der Waals surface area contributed by atoms with Crippen molar-refractivity contribution in [1.82, 2.24) is 0 Å². The van der Waals surface area contributed by atoms with Crippen LogP contribution in [0.15, 0.2) is 30.4 Å².